The molecule has 1 saturated heterocycles. The van der Waals surface area contributed by atoms with Crippen LogP contribution in [-0.4, -0.2) is 52.0 Å². The quantitative estimate of drug-likeness (QED) is 0.836. The first-order chi connectivity index (χ1) is 11.5. The van der Waals surface area contributed by atoms with E-state index in [1.807, 2.05) is 0 Å². The van der Waals surface area contributed by atoms with Crippen LogP contribution in [0.1, 0.15) is 32.8 Å². The first kappa shape index (κ1) is 19.2. The molecule has 2 rings (SSSR count). The van der Waals surface area contributed by atoms with Gasteiger partial charge < -0.3 is 20.1 Å². The third kappa shape index (κ3) is 5.45. The normalized spacial score (nSPS) is 21.8. The maximum Gasteiger partial charge on any atom is 0.419 e. The van der Waals surface area contributed by atoms with Crippen molar-refractivity contribution in [1.82, 2.24) is 15.3 Å². The Morgan fingerprint density at radius 2 is 1.92 bits per heavy atom. The Hall–Kier alpha value is -2.10. The summed E-state index contributed by atoms with van der Waals surface area (Å²) in [5.41, 5.74) is -1.58. The molecule has 1 aromatic heterocycles. The highest BCUT2D eigenvalue weighted by Gasteiger charge is 2.33. The summed E-state index contributed by atoms with van der Waals surface area (Å²) in [5, 5.41) is 12.8. The second-order valence-corrected chi connectivity index (χ2v) is 6.82. The van der Waals surface area contributed by atoms with Crippen LogP contribution in [0.15, 0.2) is 12.4 Å². The Balaban J connectivity index is 1.94. The molecule has 0 bridgehead atoms. The van der Waals surface area contributed by atoms with E-state index in [0.717, 1.165) is 0 Å². The molecule has 0 spiro atoms. The number of aromatic nitrogens is 2. The van der Waals surface area contributed by atoms with E-state index in [1.165, 1.54) is 0 Å². The minimum atomic E-state index is -4.50. The maximum atomic E-state index is 12.5. The number of alkyl carbamates (subject to hydrolysis) is 1. The van der Waals surface area contributed by atoms with Crippen LogP contribution in [0.4, 0.5) is 23.9 Å². The Morgan fingerprint density at radius 3 is 2.40 bits per heavy atom. The molecule has 0 saturated carbocycles. The SMILES string of the molecule is CC(C)(C)OC(=O)N[C@H]1CCN(c2ncc(C(F)(F)F)cn2)C[C@H]1O. The van der Waals surface area contributed by atoms with Crippen molar-refractivity contribution in [2.75, 3.05) is 18.0 Å². The second-order valence-electron chi connectivity index (χ2n) is 6.82. The molecule has 0 unspecified atom stereocenters. The number of nitrogens with zero attached hydrogens (tertiary/aromatic N) is 3. The number of hydrogen-bond donors (Lipinski definition) is 2. The Morgan fingerprint density at radius 1 is 1.32 bits per heavy atom. The van der Waals surface area contributed by atoms with Gasteiger partial charge in [0, 0.05) is 25.5 Å². The van der Waals surface area contributed by atoms with Gasteiger partial charge in [-0.25, -0.2) is 14.8 Å². The van der Waals surface area contributed by atoms with Gasteiger partial charge in [-0.05, 0) is 27.2 Å². The number of hydrogen-bond acceptors (Lipinski definition) is 6. The van der Waals surface area contributed by atoms with Crippen LogP contribution >= 0.6 is 0 Å². The van der Waals surface area contributed by atoms with Crippen molar-refractivity contribution < 1.29 is 27.8 Å². The summed E-state index contributed by atoms with van der Waals surface area (Å²) in [4.78, 5) is 20.8. The molecule has 0 aromatic carbocycles. The largest absolute Gasteiger partial charge is 0.444 e. The summed E-state index contributed by atoms with van der Waals surface area (Å²) in [6.07, 6.45) is -4.25. The Kier molecular flexibility index (Phi) is 5.40. The number of aliphatic hydroxyl groups excluding tert-OH is 1. The highest BCUT2D eigenvalue weighted by atomic mass is 19.4. The minimum absolute atomic E-state index is 0.0891. The van der Waals surface area contributed by atoms with E-state index in [2.05, 4.69) is 15.3 Å². The van der Waals surface area contributed by atoms with E-state index in [1.54, 1.807) is 25.7 Å². The number of anilines is 1. The summed E-state index contributed by atoms with van der Waals surface area (Å²) in [6, 6.07) is -0.513. The molecule has 1 aliphatic heterocycles. The van der Waals surface area contributed by atoms with Gasteiger partial charge in [-0.1, -0.05) is 0 Å². The van der Waals surface area contributed by atoms with Gasteiger partial charge >= 0.3 is 12.3 Å². The van der Waals surface area contributed by atoms with E-state index >= 15 is 0 Å². The highest BCUT2D eigenvalue weighted by molar-refractivity contribution is 5.68. The van der Waals surface area contributed by atoms with Crippen molar-refractivity contribution in [3.8, 4) is 0 Å². The van der Waals surface area contributed by atoms with Crippen LogP contribution in [0.5, 0.6) is 0 Å². The summed E-state index contributed by atoms with van der Waals surface area (Å²) in [5.74, 6) is 0.0998. The van der Waals surface area contributed by atoms with Gasteiger partial charge in [0.2, 0.25) is 5.95 Å². The lowest BCUT2D eigenvalue weighted by Crippen LogP contribution is -2.55. The number of amides is 1. The lowest BCUT2D eigenvalue weighted by atomic mass is 10.0. The fourth-order valence-electron chi connectivity index (χ4n) is 2.37. The Labute approximate surface area is 143 Å². The van der Waals surface area contributed by atoms with Crippen molar-refractivity contribution in [2.45, 2.75) is 51.1 Å². The number of piperidine rings is 1. The van der Waals surface area contributed by atoms with E-state index in [9.17, 15) is 23.1 Å². The van der Waals surface area contributed by atoms with Crippen LogP contribution < -0.4 is 10.2 Å². The third-order valence-electron chi connectivity index (χ3n) is 3.53. The first-order valence-electron chi connectivity index (χ1n) is 7.77. The summed E-state index contributed by atoms with van der Waals surface area (Å²) < 4.78 is 42.7. The maximum absolute atomic E-state index is 12.5. The summed E-state index contributed by atoms with van der Waals surface area (Å²) >= 11 is 0. The lowest BCUT2D eigenvalue weighted by Gasteiger charge is -2.36. The van der Waals surface area contributed by atoms with E-state index in [0.29, 0.717) is 25.4 Å². The van der Waals surface area contributed by atoms with Crippen molar-refractivity contribution in [1.29, 1.82) is 0 Å². The number of alkyl halides is 3. The van der Waals surface area contributed by atoms with Crippen LogP contribution in [-0.2, 0) is 10.9 Å². The average Bonchev–Trinajstić information content (AvgIpc) is 2.46. The van der Waals surface area contributed by atoms with E-state index in [4.69, 9.17) is 4.74 Å². The van der Waals surface area contributed by atoms with Gasteiger partial charge in [-0.3, -0.25) is 0 Å². The zero-order valence-corrected chi connectivity index (χ0v) is 14.2. The number of aliphatic hydroxyl groups is 1. The van der Waals surface area contributed by atoms with Gasteiger partial charge in [0.1, 0.15) is 5.60 Å². The first-order valence-corrected chi connectivity index (χ1v) is 7.77. The zero-order valence-electron chi connectivity index (χ0n) is 14.2. The number of β-amino-alcohol motifs (C(OH)–C–C–N with tert-alkyl or cyclic N) is 1. The van der Waals surface area contributed by atoms with E-state index < -0.39 is 35.6 Å². The number of nitrogens with one attached hydrogen (secondary N) is 1. The molecule has 1 fully saturated rings. The smallest absolute Gasteiger partial charge is 0.419 e. The summed E-state index contributed by atoms with van der Waals surface area (Å²) in [6.45, 7) is 5.66. The molecule has 7 nitrogen and oxygen atoms in total. The molecule has 10 heteroatoms. The molecule has 0 aliphatic carbocycles. The molecule has 2 atom stereocenters. The number of carbonyl (C=O) groups excluding carboxylic acids is 1. The molecule has 1 amide bonds. The zero-order chi connectivity index (χ0) is 18.8. The fraction of sp³-hybridized carbons (Fsp3) is 0.667. The second kappa shape index (κ2) is 7.03. The topological polar surface area (TPSA) is 87.6 Å². The summed E-state index contributed by atoms with van der Waals surface area (Å²) in [7, 11) is 0. The fourth-order valence-corrected chi connectivity index (χ4v) is 2.37. The Bertz CT molecular complexity index is 602. The van der Waals surface area contributed by atoms with Gasteiger partial charge in [-0.2, -0.15) is 13.2 Å². The van der Waals surface area contributed by atoms with Crippen molar-refractivity contribution in [3.05, 3.63) is 18.0 Å². The lowest BCUT2D eigenvalue weighted by molar-refractivity contribution is -0.138. The standard InChI is InChI=1S/C15H21F3N4O3/c1-14(2,3)25-13(24)21-10-4-5-22(8-11(10)23)12-19-6-9(7-20-12)15(16,17)18/h6-7,10-11,23H,4-5,8H2,1-3H3,(H,21,24)/t10-,11+/m0/s1. The van der Waals surface area contributed by atoms with E-state index in [-0.39, 0.29) is 12.5 Å². The monoisotopic (exact) mass is 362 g/mol. The molecule has 2 heterocycles. The molecule has 2 N–H and O–H groups in total. The van der Waals surface area contributed by atoms with Crippen LogP contribution in [0.3, 0.4) is 0 Å². The van der Waals surface area contributed by atoms with Crippen LogP contribution in [0, 0.1) is 0 Å². The number of halogens is 3. The predicted octanol–water partition coefficient (Wildman–Crippen LogP) is 1.96. The van der Waals surface area contributed by atoms with Crippen molar-refractivity contribution in [3.63, 3.8) is 0 Å². The molecule has 1 aliphatic rings. The molecule has 1 aromatic rings. The molecule has 0 radical (unpaired) electrons. The van der Waals surface area contributed by atoms with Gasteiger partial charge in [0.25, 0.3) is 0 Å². The molecule has 25 heavy (non-hydrogen) atoms. The third-order valence-corrected chi connectivity index (χ3v) is 3.53. The van der Waals surface area contributed by atoms with Gasteiger partial charge in [0.05, 0.1) is 17.7 Å². The van der Waals surface area contributed by atoms with Crippen LogP contribution in [0.2, 0.25) is 0 Å². The number of ether oxygens (including phenoxy) is 1. The highest BCUT2D eigenvalue weighted by Crippen LogP contribution is 2.28. The molecular formula is C15H21F3N4O3. The van der Waals surface area contributed by atoms with Gasteiger partial charge in [0.15, 0.2) is 0 Å². The number of carbonyl (C=O) groups is 1. The molecule has 140 valence electrons. The number of rotatable bonds is 2. The molecular weight excluding hydrogens is 341 g/mol. The van der Waals surface area contributed by atoms with Crippen molar-refractivity contribution in [2.24, 2.45) is 0 Å². The average molecular weight is 362 g/mol. The van der Waals surface area contributed by atoms with Gasteiger partial charge in [-0.15, -0.1) is 0 Å². The predicted molar refractivity (Wildman–Crippen MR) is 83.0 cm³/mol. The van der Waals surface area contributed by atoms with Crippen molar-refractivity contribution >= 4 is 12.0 Å². The minimum Gasteiger partial charge on any atom is -0.444 e. The van der Waals surface area contributed by atoms with Crippen LogP contribution in [0.25, 0.3) is 0 Å².